The average Bonchev–Trinajstić information content (AvgIpc) is 2.43. The molecule has 0 saturated heterocycles. The topological polar surface area (TPSA) is 23.8 Å². The van der Waals surface area contributed by atoms with E-state index in [0.717, 1.165) is 21.4 Å². The van der Waals surface area contributed by atoms with Gasteiger partial charge in [0.05, 0.1) is 11.6 Å². The molecular weight excluding hydrogens is 185 g/mol. The predicted molar refractivity (Wildman–Crippen MR) is 51.2 cm³/mol. The number of nitriles is 1. The number of nitrogens with zero attached hydrogens (tertiary/aromatic N) is 1. The zero-order valence-electron chi connectivity index (χ0n) is 6.97. The quantitative estimate of drug-likeness (QED) is 0.627. The van der Waals surface area contributed by atoms with Gasteiger partial charge in [0.2, 0.25) is 0 Å². The average molecular weight is 191 g/mol. The van der Waals surface area contributed by atoms with Crippen molar-refractivity contribution in [3.8, 4) is 6.07 Å². The summed E-state index contributed by atoms with van der Waals surface area (Å²) >= 11 is 1.12. The summed E-state index contributed by atoms with van der Waals surface area (Å²) in [7, 11) is 0. The third-order valence-corrected chi connectivity index (χ3v) is 3.07. The molecule has 0 amide bonds. The Bertz CT molecular complexity index is 507. The second kappa shape index (κ2) is 2.82. The first-order valence-electron chi connectivity index (χ1n) is 3.81. The van der Waals surface area contributed by atoms with Gasteiger partial charge in [-0.2, -0.15) is 9.65 Å². The highest BCUT2D eigenvalue weighted by molar-refractivity contribution is 7.17. The summed E-state index contributed by atoms with van der Waals surface area (Å²) in [5, 5.41) is 9.34. The maximum atomic E-state index is 13.1. The maximum absolute atomic E-state index is 13.1. The smallest absolute Gasteiger partial charge is 0.180 e. The van der Waals surface area contributed by atoms with Crippen molar-refractivity contribution in [2.24, 2.45) is 0 Å². The molecular formula is C10H6FNS. The van der Waals surface area contributed by atoms with E-state index in [1.807, 2.05) is 6.07 Å². The SMILES string of the molecule is Cc1c(F)sc2ccc(C#N)cc12. The molecule has 0 aliphatic heterocycles. The van der Waals surface area contributed by atoms with Crippen molar-refractivity contribution in [1.29, 1.82) is 5.26 Å². The van der Waals surface area contributed by atoms with Crippen LogP contribution in [0.25, 0.3) is 10.1 Å². The third-order valence-electron chi connectivity index (χ3n) is 2.01. The van der Waals surface area contributed by atoms with Gasteiger partial charge in [0.25, 0.3) is 0 Å². The van der Waals surface area contributed by atoms with E-state index in [9.17, 15) is 4.39 Å². The van der Waals surface area contributed by atoms with Crippen molar-refractivity contribution >= 4 is 21.4 Å². The van der Waals surface area contributed by atoms with E-state index in [2.05, 4.69) is 0 Å². The Hall–Kier alpha value is -1.40. The summed E-state index contributed by atoms with van der Waals surface area (Å²) in [4.78, 5) is 0. The molecule has 2 aromatic rings. The largest absolute Gasteiger partial charge is 0.195 e. The lowest BCUT2D eigenvalue weighted by molar-refractivity contribution is 0.650. The number of halogens is 1. The number of aryl methyl sites for hydroxylation is 1. The molecule has 1 aromatic heterocycles. The first kappa shape index (κ1) is 8.21. The fraction of sp³-hybridized carbons (Fsp3) is 0.100. The Morgan fingerprint density at radius 2 is 2.23 bits per heavy atom. The van der Waals surface area contributed by atoms with E-state index in [0.29, 0.717) is 11.1 Å². The van der Waals surface area contributed by atoms with Gasteiger partial charge in [-0.1, -0.05) is 0 Å². The lowest BCUT2D eigenvalue weighted by Gasteiger charge is -1.91. The van der Waals surface area contributed by atoms with Gasteiger partial charge < -0.3 is 0 Å². The molecule has 0 fully saturated rings. The summed E-state index contributed by atoms with van der Waals surface area (Å²) in [6.07, 6.45) is 0. The van der Waals surface area contributed by atoms with E-state index in [-0.39, 0.29) is 5.13 Å². The van der Waals surface area contributed by atoms with Crippen LogP contribution < -0.4 is 0 Å². The molecule has 2 rings (SSSR count). The minimum atomic E-state index is -0.162. The Balaban J connectivity index is 2.84. The van der Waals surface area contributed by atoms with Crippen LogP contribution in [0, 0.1) is 23.4 Å². The molecule has 0 radical (unpaired) electrons. The van der Waals surface area contributed by atoms with Gasteiger partial charge in [0.15, 0.2) is 5.13 Å². The summed E-state index contributed by atoms with van der Waals surface area (Å²) in [5.74, 6) is 0. The molecule has 1 nitrogen and oxygen atoms in total. The highest BCUT2D eigenvalue weighted by atomic mass is 32.1. The van der Waals surface area contributed by atoms with Gasteiger partial charge in [-0.25, -0.2) is 0 Å². The van der Waals surface area contributed by atoms with Crippen LogP contribution in [-0.4, -0.2) is 0 Å². The molecule has 0 aliphatic rings. The first-order valence-corrected chi connectivity index (χ1v) is 4.63. The molecule has 0 bridgehead atoms. The van der Waals surface area contributed by atoms with Crippen molar-refractivity contribution in [2.75, 3.05) is 0 Å². The van der Waals surface area contributed by atoms with Crippen LogP contribution in [-0.2, 0) is 0 Å². The van der Waals surface area contributed by atoms with Crippen LogP contribution >= 0.6 is 11.3 Å². The zero-order chi connectivity index (χ0) is 9.42. The van der Waals surface area contributed by atoms with E-state index in [4.69, 9.17) is 5.26 Å². The normalized spacial score (nSPS) is 10.2. The van der Waals surface area contributed by atoms with Crippen molar-refractivity contribution in [3.63, 3.8) is 0 Å². The van der Waals surface area contributed by atoms with Crippen LogP contribution in [0.15, 0.2) is 18.2 Å². The molecule has 0 N–H and O–H groups in total. The summed E-state index contributed by atoms with van der Waals surface area (Å²) in [6, 6.07) is 7.26. The second-order valence-corrected chi connectivity index (χ2v) is 3.83. The molecule has 0 unspecified atom stereocenters. The summed E-state index contributed by atoms with van der Waals surface area (Å²) < 4.78 is 14.0. The Morgan fingerprint density at radius 1 is 1.46 bits per heavy atom. The lowest BCUT2D eigenvalue weighted by Crippen LogP contribution is -1.74. The van der Waals surface area contributed by atoms with E-state index >= 15 is 0 Å². The lowest BCUT2D eigenvalue weighted by atomic mass is 10.1. The van der Waals surface area contributed by atoms with E-state index in [1.54, 1.807) is 25.1 Å². The monoisotopic (exact) mass is 191 g/mol. The van der Waals surface area contributed by atoms with Crippen LogP contribution in [0.3, 0.4) is 0 Å². The number of hydrogen-bond acceptors (Lipinski definition) is 2. The number of fused-ring (bicyclic) bond motifs is 1. The Kier molecular flexibility index (Phi) is 1.78. The summed E-state index contributed by atoms with van der Waals surface area (Å²) in [5.41, 5.74) is 1.21. The first-order chi connectivity index (χ1) is 6.22. The molecule has 64 valence electrons. The third kappa shape index (κ3) is 1.20. The molecule has 0 saturated carbocycles. The molecule has 3 heteroatoms. The van der Waals surface area contributed by atoms with Gasteiger partial charge in [0, 0.05) is 10.3 Å². The Labute approximate surface area is 79.0 Å². The van der Waals surface area contributed by atoms with Gasteiger partial charge >= 0.3 is 0 Å². The number of thiophene rings is 1. The van der Waals surface area contributed by atoms with Crippen molar-refractivity contribution < 1.29 is 4.39 Å². The maximum Gasteiger partial charge on any atom is 0.180 e. The minimum absolute atomic E-state index is 0.162. The summed E-state index contributed by atoms with van der Waals surface area (Å²) in [6.45, 7) is 1.73. The second-order valence-electron chi connectivity index (χ2n) is 2.82. The Morgan fingerprint density at radius 3 is 2.92 bits per heavy atom. The van der Waals surface area contributed by atoms with Crippen LogP contribution in [0.2, 0.25) is 0 Å². The molecule has 1 heterocycles. The molecule has 0 spiro atoms. The fourth-order valence-electron chi connectivity index (χ4n) is 1.26. The fourth-order valence-corrected chi connectivity index (χ4v) is 2.17. The van der Waals surface area contributed by atoms with Crippen molar-refractivity contribution in [2.45, 2.75) is 6.92 Å². The van der Waals surface area contributed by atoms with Gasteiger partial charge in [-0.15, -0.1) is 11.3 Å². The van der Waals surface area contributed by atoms with Gasteiger partial charge in [-0.05, 0) is 30.5 Å². The number of benzene rings is 1. The highest BCUT2D eigenvalue weighted by Gasteiger charge is 2.07. The highest BCUT2D eigenvalue weighted by Crippen LogP contribution is 2.29. The predicted octanol–water partition coefficient (Wildman–Crippen LogP) is 3.22. The molecule has 0 atom stereocenters. The van der Waals surface area contributed by atoms with Crippen LogP contribution in [0.5, 0.6) is 0 Å². The number of hydrogen-bond donors (Lipinski definition) is 0. The zero-order valence-corrected chi connectivity index (χ0v) is 7.78. The standard InChI is InChI=1S/C10H6FNS/c1-6-8-4-7(5-12)2-3-9(8)13-10(6)11/h2-4H,1H3. The van der Waals surface area contributed by atoms with E-state index < -0.39 is 0 Å². The van der Waals surface area contributed by atoms with Gasteiger partial charge in [0.1, 0.15) is 0 Å². The van der Waals surface area contributed by atoms with Crippen molar-refractivity contribution in [1.82, 2.24) is 0 Å². The van der Waals surface area contributed by atoms with Crippen LogP contribution in [0.1, 0.15) is 11.1 Å². The minimum Gasteiger partial charge on any atom is -0.195 e. The van der Waals surface area contributed by atoms with Gasteiger partial charge in [-0.3, -0.25) is 0 Å². The molecule has 13 heavy (non-hydrogen) atoms. The van der Waals surface area contributed by atoms with Crippen LogP contribution in [0.4, 0.5) is 4.39 Å². The molecule has 1 aromatic carbocycles. The number of rotatable bonds is 0. The van der Waals surface area contributed by atoms with Crippen molar-refractivity contribution in [3.05, 3.63) is 34.5 Å². The molecule has 0 aliphatic carbocycles. The van der Waals surface area contributed by atoms with E-state index in [1.165, 1.54) is 0 Å².